The van der Waals surface area contributed by atoms with Gasteiger partial charge in [-0.3, -0.25) is 0 Å². The summed E-state index contributed by atoms with van der Waals surface area (Å²) in [6.45, 7) is -0.809. The summed E-state index contributed by atoms with van der Waals surface area (Å²) in [5.41, 5.74) is 0. The van der Waals surface area contributed by atoms with Crippen molar-refractivity contribution >= 4 is 5.97 Å². The van der Waals surface area contributed by atoms with Crippen molar-refractivity contribution in [1.29, 1.82) is 0 Å². The van der Waals surface area contributed by atoms with Crippen LogP contribution in [0.1, 0.15) is 0 Å². The van der Waals surface area contributed by atoms with Crippen LogP contribution in [0.4, 0.5) is 0 Å². The van der Waals surface area contributed by atoms with E-state index >= 15 is 0 Å². The van der Waals surface area contributed by atoms with Crippen LogP contribution in [-0.2, 0) is 14.3 Å². The molecule has 1 fully saturated rings. The Bertz CT molecular complexity index is 231. The van der Waals surface area contributed by atoms with Gasteiger partial charge in [0.2, 0.25) is 0 Å². The number of hydrogen-bond acceptors (Lipinski definition) is 7. The molecule has 5 atom stereocenters. The highest BCUT2D eigenvalue weighted by Crippen LogP contribution is 2.21. The number of carboxylic acid groups (broad SMARTS) is 1. The Morgan fingerprint density at radius 1 is 1.20 bits per heavy atom. The van der Waals surface area contributed by atoms with Gasteiger partial charge < -0.3 is 35.0 Å². The van der Waals surface area contributed by atoms with Crippen molar-refractivity contribution in [3.05, 3.63) is 0 Å². The summed E-state index contributed by atoms with van der Waals surface area (Å²) in [6, 6.07) is 0. The van der Waals surface area contributed by atoms with Crippen molar-refractivity contribution in [2.24, 2.45) is 0 Å². The van der Waals surface area contributed by atoms with Crippen molar-refractivity contribution in [1.82, 2.24) is 0 Å². The molecule has 8 nitrogen and oxygen atoms in total. The minimum Gasteiger partial charge on any atom is -0.479 e. The molecule has 88 valence electrons. The fourth-order valence-electron chi connectivity index (χ4n) is 1.26. The van der Waals surface area contributed by atoms with Gasteiger partial charge >= 0.3 is 5.97 Å². The number of aliphatic hydroxyl groups excluding tert-OH is 4. The van der Waals surface area contributed by atoms with E-state index in [1.54, 1.807) is 0 Å². The first kappa shape index (κ1) is 12.3. The third-order valence-electron chi connectivity index (χ3n) is 2.05. The molecule has 0 radical (unpaired) electrons. The van der Waals surface area contributed by atoms with Crippen LogP contribution in [0, 0.1) is 0 Å². The zero-order chi connectivity index (χ0) is 11.6. The molecule has 5 N–H and O–H groups in total. The van der Waals surface area contributed by atoms with Gasteiger partial charge in [-0.1, -0.05) is 0 Å². The maximum Gasteiger partial charge on any atom is 0.335 e. The van der Waals surface area contributed by atoms with Crippen LogP contribution in [0.15, 0.2) is 0 Å². The van der Waals surface area contributed by atoms with Crippen molar-refractivity contribution in [2.45, 2.75) is 30.7 Å². The van der Waals surface area contributed by atoms with Crippen molar-refractivity contribution in [2.75, 3.05) is 6.79 Å². The number of carbonyl (C=O) groups is 1. The number of carboxylic acids is 1. The maximum absolute atomic E-state index is 10.6. The van der Waals surface area contributed by atoms with E-state index in [1.807, 2.05) is 0 Å². The van der Waals surface area contributed by atoms with E-state index in [0.29, 0.717) is 0 Å². The summed E-state index contributed by atoms with van der Waals surface area (Å²) in [4.78, 5) is 10.6. The van der Waals surface area contributed by atoms with Crippen LogP contribution in [-0.4, -0.2) is 69.0 Å². The first-order chi connectivity index (χ1) is 6.99. The molecule has 1 heterocycles. The molecule has 8 heteroatoms. The summed E-state index contributed by atoms with van der Waals surface area (Å²) in [6.07, 6.45) is -8.29. The Labute approximate surface area is 84.3 Å². The summed E-state index contributed by atoms with van der Waals surface area (Å²) in [5, 5.41) is 44.8. The Balaban J connectivity index is 2.75. The van der Waals surface area contributed by atoms with Crippen LogP contribution < -0.4 is 0 Å². The SMILES string of the molecule is O=C(O)[C@H]1O[C@@H](OCO)[C@H](O)[C@@H](O)[C@@H]1O. The zero-order valence-electron chi connectivity index (χ0n) is 7.55. The van der Waals surface area contributed by atoms with Crippen LogP contribution in [0.5, 0.6) is 0 Å². The molecule has 1 aliphatic rings. The second-order valence-electron chi connectivity index (χ2n) is 3.03. The van der Waals surface area contributed by atoms with Gasteiger partial charge in [-0.15, -0.1) is 0 Å². The highest BCUT2D eigenvalue weighted by molar-refractivity contribution is 5.73. The third kappa shape index (κ3) is 2.43. The van der Waals surface area contributed by atoms with Gasteiger partial charge in [-0.25, -0.2) is 4.79 Å². The zero-order valence-corrected chi connectivity index (χ0v) is 7.55. The van der Waals surface area contributed by atoms with Crippen molar-refractivity contribution in [3.63, 3.8) is 0 Å². The van der Waals surface area contributed by atoms with Crippen LogP contribution in [0.3, 0.4) is 0 Å². The Morgan fingerprint density at radius 3 is 2.27 bits per heavy atom. The summed E-state index contributed by atoms with van der Waals surface area (Å²) in [5.74, 6) is -1.50. The van der Waals surface area contributed by atoms with Gasteiger partial charge in [0.1, 0.15) is 25.1 Å². The molecule has 0 saturated carbocycles. The second kappa shape index (κ2) is 4.84. The highest BCUT2D eigenvalue weighted by atomic mass is 16.7. The van der Waals surface area contributed by atoms with Crippen LogP contribution in [0.2, 0.25) is 0 Å². The molecular formula is C7H12O8. The van der Waals surface area contributed by atoms with Gasteiger partial charge in [0, 0.05) is 0 Å². The standard InChI is InChI=1S/C7H12O8/c8-1-14-7-4(11)2(9)3(10)5(15-7)6(12)13/h2-5,7-11H,1H2,(H,12,13)/t2-,3-,4+,5-,7+/m0/s1. The molecule has 0 amide bonds. The fourth-order valence-corrected chi connectivity index (χ4v) is 1.26. The molecule has 1 aliphatic heterocycles. The average Bonchev–Trinajstić information content (AvgIpc) is 2.18. The van der Waals surface area contributed by atoms with Gasteiger partial charge in [-0.05, 0) is 0 Å². The summed E-state index contributed by atoms with van der Waals surface area (Å²) >= 11 is 0. The van der Waals surface area contributed by atoms with Crippen molar-refractivity contribution in [3.8, 4) is 0 Å². The molecular weight excluding hydrogens is 212 g/mol. The highest BCUT2D eigenvalue weighted by Gasteiger charge is 2.47. The lowest BCUT2D eigenvalue weighted by atomic mass is 9.99. The molecule has 0 unspecified atom stereocenters. The number of hydrogen-bond donors (Lipinski definition) is 5. The molecule has 1 saturated heterocycles. The molecule has 15 heavy (non-hydrogen) atoms. The van der Waals surface area contributed by atoms with E-state index in [0.717, 1.165) is 0 Å². The number of aliphatic hydroxyl groups is 4. The number of rotatable bonds is 3. The van der Waals surface area contributed by atoms with E-state index in [2.05, 4.69) is 9.47 Å². The fraction of sp³-hybridized carbons (Fsp3) is 0.857. The predicted molar refractivity (Wildman–Crippen MR) is 42.5 cm³/mol. The lowest BCUT2D eigenvalue weighted by Crippen LogP contribution is -2.60. The first-order valence-corrected chi connectivity index (χ1v) is 4.14. The Kier molecular flexibility index (Phi) is 3.97. The van der Waals surface area contributed by atoms with Crippen LogP contribution in [0.25, 0.3) is 0 Å². The van der Waals surface area contributed by atoms with E-state index in [4.69, 9.17) is 10.2 Å². The lowest BCUT2D eigenvalue weighted by molar-refractivity contribution is -0.306. The number of ether oxygens (including phenoxy) is 2. The van der Waals surface area contributed by atoms with Gasteiger partial charge in [0.25, 0.3) is 0 Å². The van der Waals surface area contributed by atoms with E-state index < -0.39 is 43.5 Å². The topological polar surface area (TPSA) is 137 Å². The maximum atomic E-state index is 10.6. The quantitative estimate of drug-likeness (QED) is 0.317. The van der Waals surface area contributed by atoms with Crippen LogP contribution >= 0.6 is 0 Å². The minimum absolute atomic E-state index is 0.809. The summed E-state index contributed by atoms with van der Waals surface area (Å²) < 4.78 is 9.08. The predicted octanol–water partition coefficient (Wildman–Crippen LogP) is -3.15. The summed E-state index contributed by atoms with van der Waals surface area (Å²) in [7, 11) is 0. The molecule has 1 rings (SSSR count). The number of aliphatic carboxylic acids is 1. The smallest absolute Gasteiger partial charge is 0.335 e. The van der Waals surface area contributed by atoms with E-state index in [-0.39, 0.29) is 0 Å². The van der Waals surface area contributed by atoms with Gasteiger partial charge in [0.05, 0.1) is 0 Å². The molecule has 0 bridgehead atoms. The monoisotopic (exact) mass is 224 g/mol. The lowest BCUT2D eigenvalue weighted by Gasteiger charge is -2.37. The molecule has 0 aromatic heterocycles. The molecule has 0 aromatic carbocycles. The largest absolute Gasteiger partial charge is 0.479 e. The van der Waals surface area contributed by atoms with E-state index in [1.165, 1.54) is 0 Å². The molecule has 0 aromatic rings. The molecule has 0 aliphatic carbocycles. The van der Waals surface area contributed by atoms with Gasteiger partial charge in [0.15, 0.2) is 12.4 Å². The van der Waals surface area contributed by atoms with Crippen molar-refractivity contribution < 1.29 is 39.8 Å². The van der Waals surface area contributed by atoms with Gasteiger partial charge in [-0.2, -0.15) is 0 Å². The minimum atomic E-state index is -1.75. The Hall–Kier alpha value is -0.770. The normalized spacial score (nSPS) is 41.5. The first-order valence-electron chi connectivity index (χ1n) is 4.14. The Morgan fingerprint density at radius 2 is 1.80 bits per heavy atom. The average molecular weight is 224 g/mol. The van der Waals surface area contributed by atoms with E-state index in [9.17, 15) is 20.1 Å². The second-order valence-corrected chi connectivity index (χ2v) is 3.03. The third-order valence-corrected chi connectivity index (χ3v) is 2.05. The molecule has 0 spiro atoms.